The summed E-state index contributed by atoms with van der Waals surface area (Å²) in [4.78, 5) is 66.8. The molecular weight excluding hydrogens is 666 g/mol. The summed E-state index contributed by atoms with van der Waals surface area (Å²) in [6, 6.07) is 0. The Hall–Kier alpha value is -3.21. The number of allylic oxidation sites excluding steroid dienone is 2. The van der Waals surface area contributed by atoms with E-state index in [2.05, 4.69) is 27.7 Å². The van der Waals surface area contributed by atoms with Crippen molar-refractivity contribution in [1.82, 2.24) is 4.90 Å². The molecule has 0 aromatic carbocycles. The van der Waals surface area contributed by atoms with Gasteiger partial charge in [-0.05, 0) is 126 Å². The zero-order valence-electron chi connectivity index (χ0n) is 33.1. The van der Waals surface area contributed by atoms with E-state index in [4.69, 9.17) is 18.3 Å². The maximum absolute atomic E-state index is 14.7. The Morgan fingerprint density at radius 2 is 1.69 bits per heavy atom. The smallest absolute Gasteiger partial charge is 0.481 e. The SMILES string of the molecule is CC[C@](C)(CC[C@]1(C)CC[C@]2(C)C(=CC(=O)[C@@H]3[C@@]4(C)CC[C@H](OC(=O)CN(C)C)[C@@](C)(CC(=O)OCc5oc(=O)oc5C)[C@@H]4CC[C@]32C)C1)C(=O)O. The maximum Gasteiger partial charge on any atom is 0.519 e. The Morgan fingerprint density at radius 1 is 1.00 bits per heavy atom. The highest BCUT2D eigenvalue weighted by atomic mass is 16.6. The van der Waals surface area contributed by atoms with Crippen molar-refractivity contribution in [3.8, 4) is 0 Å². The Labute approximate surface area is 308 Å². The van der Waals surface area contributed by atoms with Crippen molar-refractivity contribution in [3.05, 3.63) is 33.8 Å². The summed E-state index contributed by atoms with van der Waals surface area (Å²) < 4.78 is 21.8. The lowest BCUT2D eigenvalue weighted by Gasteiger charge is -2.69. The van der Waals surface area contributed by atoms with Crippen LogP contribution in [0.4, 0.5) is 0 Å². The summed E-state index contributed by atoms with van der Waals surface area (Å²) in [6.07, 6.45) is 8.69. The molecule has 290 valence electrons. The summed E-state index contributed by atoms with van der Waals surface area (Å²) in [5.74, 6) is -2.37. The van der Waals surface area contributed by atoms with Crippen molar-refractivity contribution >= 4 is 23.7 Å². The normalized spacial score (nSPS) is 36.9. The van der Waals surface area contributed by atoms with Gasteiger partial charge in [-0.1, -0.05) is 47.1 Å². The number of carboxylic acids is 1. The number of aryl methyl sites for hydroxylation is 1. The van der Waals surface area contributed by atoms with Crippen LogP contribution in [0.2, 0.25) is 0 Å². The zero-order chi connectivity index (χ0) is 38.7. The summed E-state index contributed by atoms with van der Waals surface area (Å²) in [5.41, 5.74) is -1.51. The molecule has 0 unspecified atom stereocenters. The van der Waals surface area contributed by atoms with Gasteiger partial charge in [0.2, 0.25) is 0 Å². The molecule has 3 fully saturated rings. The van der Waals surface area contributed by atoms with E-state index in [-0.39, 0.29) is 70.9 Å². The second-order valence-electron chi connectivity index (χ2n) is 18.6. The van der Waals surface area contributed by atoms with Gasteiger partial charge in [0.25, 0.3) is 0 Å². The van der Waals surface area contributed by atoms with Crippen LogP contribution in [0.1, 0.15) is 131 Å². The highest BCUT2D eigenvalue weighted by molar-refractivity contribution is 5.95. The fourth-order valence-electron chi connectivity index (χ4n) is 11.2. The predicted octanol–water partition coefficient (Wildman–Crippen LogP) is 7.27. The molecule has 4 aliphatic rings. The number of esters is 2. The van der Waals surface area contributed by atoms with E-state index >= 15 is 0 Å². The van der Waals surface area contributed by atoms with E-state index in [1.807, 2.05) is 26.8 Å². The van der Waals surface area contributed by atoms with Gasteiger partial charge in [0.1, 0.15) is 6.10 Å². The molecule has 1 N–H and O–H groups in total. The van der Waals surface area contributed by atoms with Crippen LogP contribution in [0.15, 0.2) is 25.3 Å². The fraction of sp³-hybridized carbons (Fsp3) is 0.780. The molecule has 0 saturated heterocycles. The Kier molecular flexibility index (Phi) is 10.7. The van der Waals surface area contributed by atoms with Crippen LogP contribution in [0.3, 0.4) is 0 Å². The number of fused-ring (bicyclic) bond motifs is 5. The van der Waals surface area contributed by atoms with E-state index in [0.717, 1.165) is 38.5 Å². The van der Waals surface area contributed by atoms with Crippen molar-refractivity contribution < 1.29 is 42.6 Å². The maximum atomic E-state index is 14.7. The number of carboxylic acid groups (broad SMARTS) is 1. The molecule has 1 aromatic rings. The fourth-order valence-corrected chi connectivity index (χ4v) is 11.2. The van der Waals surface area contributed by atoms with Crippen molar-refractivity contribution in [1.29, 1.82) is 0 Å². The minimum absolute atomic E-state index is 0.0321. The van der Waals surface area contributed by atoms with Gasteiger partial charge in [0.15, 0.2) is 23.9 Å². The molecule has 0 spiro atoms. The van der Waals surface area contributed by atoms with Gasteiger partial charge in [-0.2, -0.15) is 0 Å². The van der Waals surface area contributed by atoms with E-state index in [9.17, 15) is 29.1 Å². The lowest BCUT2D eigenvalue weighted by atomic mass is 9.34. The summed E-state index contributed by atoms with van der Waals surface area (Å²) in [7, 11) is 3.61. The number of hydrogen-bond donors (Lipinski definition) is 1. The molecule has 5 rings (SSSR count). The lowest BCUT2D eigenvalue weighted by Crippen LogP contribution is -2.66. The van der Waals surface area contributed by atoms with Gasteiger partial charge in [-0.25, -0.2) is 4.79 Å². The molecule has 3 saturated carbocycles. The third kappa shape index (κ3) is 6.84. The van der Waals surface area contributed by atoms with Crippen LogP contribution < -0.4 is 5.82 Å². The molecule has 0 bridgehead atoms. The molecule has 9 atom stereocenters. The standard InChI is InChI=1S/C41H61NO10/c1-11-37(4,34(46)47)18-16-36(3)17-19-40(7)26(21-36)20-27(43)33-38(5)14-13-30(52-32(45)23-42(9)10)39(6,29(38)12-15-41(33,40)8)22-31(44)49-24-28-25(2)50-35(48)51-28/h20,29-30,33H,11-19,21-24H2,1-10H3,(H,46,47)/t29-,30+,33-,36-,37-,38+,39+,40-,41-/m1/s1. The van der Waals surface area contributed by atoms with Gasteiger partial charge in [0, 0.05) is 11.3 Å². The monoisotopic (exact) mass is 727 g/mol. The number of ether oxygens (including phenoxy) is 2. The molecule has 1 heterocycles. The number of aliphatic carboxylic acids is 1. The van der Waals surface area contributed by atoms with Gasteiger partial charge < -0.3 is 23.4 Å². The van der Waals surface area contributed by atoms with Crippen LogP contribution in [0, 0.1) is 51.2 Å². The number of likely N-dealkylation sites (N-methyl/N-ethyl adjacent to an activating group) is 1. The molecule has 0 aliphatic heterocycles. The first-order valence-electron chi connectivity index (χ1n) is 19.1. The number of hydrogen-bond acceptors (Lipinski definition) is 10. The third-order valence-electron chi connectivity index (χ3n) is 15.0. The molecule has 11 nitrogen and oxygen atoms in total. The van der Waals surface area contributed by atoms with Crippen LogP contribution in [-0.4, -0.2) is 60.4 Å². The molecule has 4 aliphatic carbocycles. The summed E-state index contributed by atoms with van der Waals surface area (Å²) in [5, 5.41) is 9.93. The number of carbonyl (C=O) groups excluding carboxylic acids is 3. The molecule has 1 aromatic heterocycles. The van der Waals surface area contributed by atoms with Crippen LogP contribution >= 0.6 is 0 Å². The van der Waals surface area contributed by atoms with Crippen LogP contribution in [-0.2, 0) is 35.3 Å². The number of nitrogens with zero attached hydrogens (tertiary/aromatic N) is 1. The van der Waals surface area contributed by atoms with Crippen molar-refractivity contribution in [2.24, 2.45) is 44.3 Å². The summed E-state index contributed by atoms with van der Waals surface area (Å²) in [6.45, 7) is 16.3. The number of rotatable bonds is 12. The van der Waals surface area contributed by atoms with E-state index < -0.39 is 40.1 Å². The lowest BCUT2D eigenvalue weighted by molar-refractivity contribution is -0.216. The van der Waals surface area contributed by atoms with E-state index in [0.29, 0.717) is 25.7 Å². The van der Waals surface area contributed by atoms with Crippen molar-refractivity contribution in [2.45, 2.75) is 139 Å². The van der Waals surface area contributed by atoms with Gasteiger partial charge >= 0.3 is 23.7 Å². The van der Waals surface area contributed by atoms with Crippen LogP contribution in [0.5, 0.6) is 0 Å². The average Bonchev–Trinajstić information content (AvgIpc) is 3.37. The van der Waals surface area contributed by atoms with Gasteiger partial charge in [-0.15, -0.1) is 0 Å². The topological polar surface area (TPSA) is 154 Å². The molecule has 0 amide bonds. The first-order valence-corrected chi connectivity index (χ1v) is 19.1. The first-order chi connectivity index (χ1) is 24.1. The molecule has 11 heteroatoms. The molecule has 52 heavy (non-hydrogen) atoms. The average molecular weight is 728 g/mol. The zero-order valence-corrected chi connectivity index (χ0v) is 33.1. The van der Waals surface area contributed by atoms with Crippen LogP contribution in [0.25, 0.3) is 0 Å². The first kappa shape index (κ1) is 40.0. The third-order valence-corrected chi connectivity index (χ3v) is 15.0. The molecular formula is C41H61NO10. The minimum atomic E-state index is -0.861. The number of ketones is 1. The summed E-state index contributed by atoms with van der Waals surface area (Å²) >= 11 is 0. The van der Waals surface area contributed by atoms with E-state index in [1.165, 1.54) is 5.57 Å². The molecule has 0 radical (unpaired) electrons. The predicted molar refractivity (Wildman–Crippen MR) is 193 cm³/mol. The number of carbonyl (C=O) groups is 4. The highest BCUT2D eigenvalue weighted by Gasteiger charge is 2.70. The highest BCUT2D eigenvalue weighted by Crippen LogP contribution is 2.73. The second-order valence-corrected chi connectivity index (χ2v) is 18.6. The minimum Gasteiger partial charge on any atom is -0.481 e. The Bertz CT molecular complexity index is 1670. The largest absolute Gasteiger partial charge is 0.519 e. The Balaban J connectivity index is 1.45. The van der Waals surface area contributed by atoms with Gasteiger partial charge in [0.05, 0.1) is 18.4 Å². The Morgan fingerprint density at radius 3 is 2.29 bits per heavy atom. The quantitative estimate of drug-likeness (QED) is 0.216. The van der Waals surface area contributed by atoms with Crippen molar-refractivity contribution in [2.75, 3.05) is 20.6 Å². The van der Waals surface area contributed by atoms with Gasteiger partial charge in [-0.3, -0.25) is 24.1 Å². The van der Waals surface area contributed by atoms with E-state index in [1.54, 1.807) is 25.9 Å². The van der Waals surface area contributed by atoms with Crippen molar-refractivity contribution in [3.63, 3.8) is 0 Å². The second kappa shape index (κ2) is 13.9.